The van der Waals surface area contributed by atoms with Gasteiger partial charge in [0.2, 0.25) is 0 Å². The van der Waals surface area contributed by atoms with E-state index in [1.807, 2.05) is 24.3 Å². The Kier molecular flexibility index (Phi) is 8.74. The molecular weight excluding hydrogens is 286 g/mol. The van der Waals surface area contributed by atoms with Crippen LogP contribution >= 0.6 is 11.6 Å². The fraction of sp³-hybridized carbons (Fsp3) is 0.647. The Morgan fingerprint density at radius 2 is 2.05 bits per heavy atom. The summed E-state index contributed by atoms with van der Waals surface area (Å²) in [6.07, 6.45) is 2.19. The van der Waals surface area contributed by atoms with Crippen LogP contribution in [0.2, 0.25) is 5.02 Å². The first-order chi connectivity index (χ1) is 10.1. The molecule has 0 bridgehead atoms. The minimum Gasteiger partial charge on any atom is -0.489 e. The van der Waals surface area contributed by atoms with E-state index >= 15 is 0 Å². The van der Waals surface area contributed by atoms with E-state index in [1.165, 1.54) is 0 Å². The zero-order valence-electron chi connectivity index (χ0n) is 13.6. The van der Waals surface area contributed by atoms with E-state index in [4.69, 9.17) is 21.1 Å². The van der Waals surface area contributed by atoms with Gasteiger partial charge >= 0.3 is 0 Å². The lowest BCUT2D eigenvalue weighted by atomic mass is 9.94. The van der Waals surface area contributed by atoms with Gasteiger partial charge in [0, 0.05) is 24.8 Å². The summed E-state index contributed by atoms with van der Waals surface area (Å²) in [5.41, 5.74) is 0. The van der Waals surface area contributed by atoms with Crippen molar-refractivity contribution in [1.82, 2.24) is 5.32 Å². The smallest absolute Gasteiger partial charge is 0.121 e. The number of halogens is 1. The van der Waals surface area contributed by atoms with Crippen LogP contribution in [0.25, 0.3) is 0 Å². The molecule has 0 saturated carbocycles. The molecule has 0 saturated heterocycles. The van der Waals surface area contributed by atoms with Crippen molar-refractivity contribution in [3.05, 3.63) is 29.3 Å². The average Bonchev–Trinajstić information content (AvgIpc) is 2.45. The van der Waals surface area contributed by atoms with Crippen molar-refractivity contribution in [2.24, 2.45) is 5.92 Å². The van der Waals surface area contributed by atoms with E-state index in [-0.39, 0.29) is 6.10 Å². The molecule has 1 aromatic rings. The van der Waals surface area contributed by atoms with Crippen LogP contribution in [0.3, 0.4) is 0 Å². The molecule has 0 aromatic heterocycles. The van der Waals surface area contributed by atoms with Crippen LogP contribution in [-0.2, 0) is 4.74 Å². The molecule has 120 valence electrons. The lowest BCUT2D eigenvalue weighted by molar-refractivity contribution is 0.115. The van der Waals surface area contributed by atoms with E-state index in [9.17, 15) is 0 Å². The van der Waals surface area contributed by atoms with Gasteiger partial charge in [-0.25, -0.2) is 0 Å². The van der Waals surface area contributed by atoms with E-state index in [2.05, 4.69) is 26.1 Å². The largest absolute Gasteiger partial charge is 0.489 e. The van der Waals surface area contributed by atoms with Gasteiger partial charge in [-0.3, -0.25) is 0 Å². The van der Waals surface area contributed by atoms with Crippen LogP contribution in [0.5, 0.6) is 5.75 Å². The number of hydrogen-bond donors (Lipinski definition) is 1. The molecule has 1 aromatic carbocycles. The Morgan fingerprint density at radius 3 is 2.67 bits per heavy atom. The van der Waals surface area contributed by atoms with Crippen LogP contribution in [0.1, 0.15) is 33.6 Å². The van der Waals surface area contributed by atoms with Crippen LogP contribution in [0.15, 0.2) is 24.3 Å². The summed E-state index contributed by atoms with van der Waals surface area (Å²) in [7, 11) is 1.74. The van der Waals surface area contributed by atoms with Gasteiger partial charge in [-0.05, 0) is 50.4 Å². The maximum atomic E-state index is 6.07. The van der Waals surface area contributed by atoms with E-state index in [0.29, 0.717) is 17.0 Å². The lowest BCUT2D eigenvalue weighted by Crippen LogP contribution is -2.46. The summed E-state index contributed by atoms with van der Waals surface area (Å²) in [5.74, 6) is 1.29. The van der Waals surface area contributed by atoms with Gasteiger partial charge in [0.05, 0.1) is 0 Å². The fourth-order valence-electron chi connectivity index (χ4n) is 2.45. The third-order valence-corrected chi connectivity index (χ3v) is 3.88. The van der Waals surface area contributed by atoms with Crippen molar-refractivity contribution in [2.45, 2.75) is 45.8 Å². The Hall–Kier alpha value is -0.770. The van der Waals surface area contributed by atoms with Crippen molar-refractivity contribution in [3.8, 4) is 5.75 Å². The molecule has 3 nitrogen and oxygen atoms in total. The molecule has 0 fully saturated rings. The Morgan fingerprint density at radius 1 is 1.29 bits per heavy atom. The van der Waals surface area contributed by atoms with E-state index in [1.54, 1.807) is 7.11 Å². The molecule has 3 unspecified atom stereocenters. The van der Waals surface area contributed by atoms with Crippen molar-refractivity contribution in [1.29, 1.82) is 0 Å². The van der Waals surface area contributed by atoms with Crippen LogP contribution < -0.4 is 10.1 Å². The molecule has 0 aliphatic rings. The Labute approximate surface area is 134 Å². The van der Waals surface area contributed by atoms with Gasteiger partial charge in [-0.15, -0.1) is 0 Å². The summed E-state index contributed by atoms with van der Waals surface area (Å²) in [4.78, 5) is 0. The number of methoxy groups -OCH3 is 1. The van der Waals surface area contributed by atoms with E-state index < -0.39 is 0 Å². The van der Waals surface area contributed by atoms with Gasteiger partial charge < -0.3 is 14.8 Å². The highest BCUT2D eigenvalue weighted by Gasteiger charge is 2.24. The predicted molar refractivity (Wildman–Crippen MR) is 89.3 cm³/mol. The summed E-state index contributed by atoms with van der Waals surface area (Å²) in [6.45, 7) is 8.29. The molecular formula is C17H28ClNO2. The number of nitrogens with one attached hydrogen (secondary N) is 1. The first-order valence-corrected chi connectivity index (χ1v) is 8.10. The van der Waals surface area contributed by atoms with Gasteiger partial charge in [0.25, 0.3) is 0 Å². The quantitative estimate of drug-likeness (QED) is 0.704. The highest BCUT2D eigenvalue weighted by molar-refractivity contribution is 6.30. The summed E-state index contributed by atoms with van der Waals surface area (Å²) in [5, 5.41) is 4.30. The third-order valence-electron chi connectivity index (χ3n) is 3.64. The van der Waals surface area contributed by atoms with Crippen LogP contribution in [-0.4, -0.2) is 32.4 Å². The summed E-state index contributed by atoms with van der Waals surface area (Å²) in [6, 6.07) is 7.85. The summed E-state index contributed by atoms with van der Waals surface area (Å²) >= 11 is 6.01. The Balaban J connectivity index is 2.67. The first kappa shape index (κ1) is 18.3. The lowest BCUT2D eigenvalue weighted by Gasteiger charge is -2.31. The second kappa shape index (κ2) is 10.0. The molecule has 1 N–H and O–H groups in total. The maximum Gasteiger partial charge on any atom is 0.121 e. The highest BCUT2D eigenvalue weighted by atomic mass is 35.5. The molecule has 1 rings (SSSR count). The van der Waals surface area contributed by atoms with Gasteiger partial charge in [0.1, 0.15) is 11.9 Å². The van der Waals surface area contributed by atoms with Crippen molar-refractivity contribution >= 4 is 11.6 Å². The topological polar surface area (TPSA) is 30.5 Å². The molecule has 0 aliphatic carbocycles. The second-order valence-corrected chi connectivity index (χ2v) is 5.96. The van der Waals surface area contributed by atoms with Crippen molar-refractivity contribution in [2.75, 3.05) is 20.3 Å². The van der Waals surface area contributed by atoms with Gasteiger partial charge in [0.15, 0.2) is 0 Å². The monoisotopic (exact) mass is 313 g/mol. The molecule has 0 spiro atoms. The highest BCUT2D eigenvalue weighted by Crippen LogP contribution is 2.21. The van der Waals surface area contributed by atoms with Crippen molar-refractivity contribution in [3.63, 3.8) is 0 Å². The second-order valence-electron chi connectivity index (χ2n) is 5.52. The number of ether oxygens (including phenoxy) is 2. The van der Waals surface area contributed by atoms with Crippen molar-refractivity contribution < 1.29 is 9.47 Å². The molecule has 0 aliphatic heterocycles. The number of benzene rings is 1. The van der Waals surface area contributed by atoms with E-state index in [0.717, 1.165) is 31.7 Å². The van der Waals surface area contributed by atoms with Gasteiger partial charge in [-0.2, -0.15) is 0 Å². The molecule has 21 heavy (non-hydrogen) atoms. The standard InChI is InChI=1S/C17H28ClNO2/c1-5-10-19-17(13(2)9-11-20-4)14(3)21-16-8-6-7-15(18)12-16/h6-8,12-14,17,19H,5,9-11H2,1-4H3. The van der Waals surface area contributed by atoms with Crippen LogP contribution in [0, 0.1) is 5.92 Å². The Bertz CT molecular complexity index is 400. The zero-order valence-corrected chi connectivity index (χ0v) is 14.3. The minimum atomic E-state index is 0.0712. The molecule has 0 amide bonds. The fourth-order valence-corrected chi connectivity index (χ4v) is 2.63. The average molecular weight is 314 g/mol. The number of rotatable bonds is 10. The normalized spacial score (nSPS) is 15.5. The van der Waals surface area contributed by atoms with Gasteiger partial charge in [-0.1, -0.05) is 31.5 Å². The maximum absolute atomic E-state index is 6.07. The molecule has 0 heterocycles. The molecule has 3 atom stereocenters. The minimum absolute atomic E-state index is 0.0712. The van der Waals surface area contributed by atoms with Crippen LogP contribution in [0.4, 0.5) is 0 Å². The third kappa shape index (κ3) is 6.68. The SMILES string of the molecule is CCCNC(C(C)CCOC)C(C)Oc1cccc(Cl)c1. The summed E-state index contributed by atoms with van der Waals surface area (Å²) < 4.78 is 11.3. The molecule has 0 radical (unpaired) electrons. The first-order valence-electron chi connectivity index (χ1n) is 7.73. The molecule has 4 heteroatoms. The number of hydrogen-bond acceptors (Lipinski definition) is 3. The predicted octanol–water partition coefficient (Wildman–Crippen LogP) is 4.15. The zero-order chi connectivity index (χ0) is 15.7.